The Morgan fingerprint density at radius 1 is 1.25 bits per heavy atom. The summed E-state index contributed by atoms with van der Waals surface area (Å²) in [6.07, 6.45) is 2.65. The number of pyridine rings is 1. The Kier molecular flexibility index (Phi) is 4.33. The number of hydrogen-bond acceptors (Lipinski definition) is 4. The van der Waals surface area contributed by atoms with Crippen molar-refractivity contribution < 1.29 is 0 Å². The second-order valence-corrected chi connectivity index (χ2v) is 6.30. The van der Waals surface area contributed by atoms with Gasteiger partial charge in [-0.05, 0) is 56.4 Å². The molecule has 1 saturated heterocycles. The Balaban J connectivity index is 1.70. The zero-order chi connectivity index (χ0) is 13.8. The highest BCUT2D eigenvalue weighted by Crippen LogP contribution is 2.28. The van der Waals surface area contributed by atoms with Crippen LogP contribution < -0.4 is 5.32 Å². The van der Waals surface area contributed by atoms with E-state index < -0.39 is 0 Å². The lowest BCUT2D eigenvalue weighted by molar-refractivity contribution is 0.259. The molecular weight excluding hydrogens is 266 g/mol. The van der Waals surface area contributed by atoms with Gasteiger partial charge in [0.1, 0.15) is 5.82 Å². The van der Waals surface area contributed by atoms with Gasteiger partial charge >= 0.3 is 0 Å². The van der Waals surface area contributed by atoms with E-state index in [2.05, 4.69) is 38.8 Å². The van der Waals surface area contributed by atoms with Crippen LogP contribution in [0.4, 0.5) is 5.82 Å². The van der Waals surface area contributed by atoms with E-state index in [1.807, 2.05) is 30.4 Å². The predicted molar refractivity (Wildman–Crippen MR) is 85.3 cm³/mol. The maximum atomic E-state index is 4.53. The van der Waals surface area contributed by atoms with Gasteiger partial charge in [-0.25, -0.2) is 4.98 Å². The number of thiophene rings is 1. The van der Waals surface area contributed by atoms with E-state index in [1.54, 1.807) is 0 Å². The zero-order valence-electron chi connectivity index (χ0n) is 11.9. The molecule has 20 heavy (non-hydrogen) atoms. The van der Waals surface area contributed by atoms with Crippen molar-refractivity contribution >= 4 is 17.2 Å². The fourth-order valence-electron chi connectivity index (χ4n) is 2.79. The molecular formula is C16H21N3S. The molecule has 0 aliphatic carbocycles. The number of anilines is 1. The second-order valence-electron chi connectivity index (χ2n) is 5.32. The minimum absolute atomic E-state index is 0.472. The SMILES string of the molecule is Cc1cccc(NCC(c2cccs2)N2CCCC2)n1. The van der Waals surface area contributed by atoms with Crippen LogP contribution in [0.25, 0.3) is 0 Å². The summed E-state index contributed by atoms with van der Waals surface area (Å²) in [6, 6.07) is 11.0. The molecule has 0 spiro atoms. The van der Waals surface area contributed by atoms with Gasteiger partial charge in [0, 0.05) is 17.1 Å². The molecule has 106 valence electrons. The monoisotopic (exact) mass is 287 g/mol. The minimum atomic E-state index is 0.472. The molecule has 1 aliphatic rings. The molecule has 2 aromatic heterocycles. The van der Waals surface area contributed by atoms with E-state index in [0.29, 0.717) is 6.04 Å². The number of aryl methyl sites for hydroxylation is 1. The average molecular weight is 287 g/mol. The van der Waals surface area contributed by atoms with E-state index in [4.69, 9.17) is 0 Å². The number of rotatable bonds is 5. The largest absolute Gasteiger partial charge is 0.368 e. The molecule has 1 fully saturated rings. The molecule has 3 nitrogen and oxygen atoms in total. The summed E-state index contributed by atoms with van der Waals surface area (Å²) in [5.41, 5.74) is 1.06. The number of hydrogen-bond donors (Lipinski definition) is 1. The Morgan fingerprint density at radius 3 is 2.80 bits per heavy atom. The van der Waals surface area contributed by atoms with E-state index >= 15 is 0 Å². The fourth-order valence-corrected chi connectivity index (χ4v) is 3.65. The molecule has 1 N–H and O–H groups in total. The predicted octanol–water partition coefficient (Wildman–Crippen LogP) is 3.70. The Bertz CT molecular complexity index is 532. The third-order valence-corrected chi connectivity index (χ3v) is 4.79. The molecule has 0 bridgehead atoms. The van der Waals surface area contributed by atoms with Crippen LogP contribution in [0.5, 0.6) is 0 Å². The number of nitrogens with one attached hydrogen (secondary N) is 1. The van der Waals surface area contributed by atoms with Crippen LogP contribution in [-0.4, -0.2) is 29.5 Å². The molecule has 1 aliphatic heterocycles. The van der Waals surface area contributed by atoms with Gasteiger partial charge in [-0.15, -0.1) is 11.3 Å². The number of likely N-dealkylation sites (tertiary alicyclic amines) is 1. The van der Waals surface area contributed by atoms with Crippen molar-refractivity contribution in [3.05, 3.63) is 46.3 Å². The molecule has 4 heteroatoms. The lowest BCUT2D eigenvalue weighted by atomic mass is 10.2. The Hall–Kier alpha value is -1.39. The Morgan fingerprint density at radius 2 is 2.10 bits per heavy atom. The first-order chi connectivity index (χ1) is 9.83. The second kappa shape index (κ2) is 6.37. The quantitative estimate of drug-likeness (QED) is 0.909. The van der Waals surface area contributed by atoms with Gasteiger partial charge in [0.25, 0.3) is 0 Å². The highest BCUT2D eigenvalue weighted by atomic mass is 32.1. The normalized spacial score (nSPS) is 17.2. The zero-order valence-corrected chi connectivity index (χ0v) is 12.7. The fraction of sp³-hybridized carbons (Fsp3) is 0.438. The lowest BCUT2D eigenvalue weighted by Crippen LogP contribution is -2.30. The van der Waals surface area contributed by atoms with E-state index in [9.17, 15) is 0 Å². The van der Waals surface area contributed by atoms with Gasteiger partial charge in [0.05, 0.1) is 6.04 Å². The van der Waals surface area contributed by atoms with Crippen molar-refractivity contribution in [1.29, 1.82) is 0 Å². The van der Waals surface area contributed by atoms with Gasteiger partial charge in [0.2, 0.25) is 0 Å². The molecule has 0 saturated carbocycles. The lowest BCUT2D eigenvalue weighted by Gasteiger charge is -2.27. The number of aromatic nitrogens is 1. The topological polar surface area (TPSA) is 28.2 Å². The van der Waals surface area contributed by atoms with Crippen LogP contribution in [0.15, 0.2) is 35.7 Å². The van der Waals surface area contributed by atoms with E-state index in [-0.39, 0.29) is 0 Å². The Labute approximate surface area is 124 Å². The molecule has 0 aromatic carbocycles. The molecule has 2 aromatic rings. The molecule has 1 atom stereocenters. The molecule has 0 radical (unpaired) electrons. The van der Waals surface area contributed by atoms with Crippen molar-refractivity contribution in [3.63, 3.8) is 0 Å². The van der Waals surface area contributed by atoms with E-state index in [0.717, 1.165) is 18.1 Å². The maximum absolute atomic E-state index is 4.53. The van der Waals surface area contributed by atoms with Gasteiger partial charge in [-0.2, -0.15) is 0 Å². The van der Waals surface area contributed by atoms with Gasteiger partial charge < -0.3 is 5.32 Å². The van der Waals surface area contributed by atoms with Crippen molar-refractivity contribution in [2.24, 2.45) is 0 Å². The molecule has 1 unspecified atom stereocenters. The highest BCUT2D eigenvalue weighted by molar-refractivity contribution is 7.10. The van der Waals surface area contributed by atoms with Gasteiger partial charge in [-0.3, -0.25) is 4.90 Å². The van der Waals surface area contributed by atoms with Crippen molar-refractivity contribution in [1.82, 2.24) is 9.88 Å². The van der Waals surface area contributed by atoms with Crippen LogP contribution >= 0.6 is 11.3 Å². The van der Waals surface area contributed by atoms with Crippen LogP contribution in [0.1, 0.15) is 29.5 Å². The van der Waals surface area contributed by atoms with E-state index in [1.165, 1.54) is 30.8 Å². The smallest absolute Gasteiger partial charge is 0.126 e. The summed E-state index contributed by atoms with van der Waals surface area (Å²) in [4.78, 5) is 8.57. The van der Waals surface area contributed by atoms with Crippen LogP contribution in [-0.2, 0) is 0 Å². The summed E-state index contributed by atoms with van der Waals surface area (Å²) >= 11 is 1.85. The highest BCUT2D eigenvalue weighted by Gasteiger charge is 2.24. The van der Waals surface area contributed by atoms with Crippen LogP contribution in [0.3, 0.4) is 0 Å². The third kappa shape index (κ3) is 3.19. The molecule has 0 amide bonds. The first-order valence-electron chi connectivity index (χ1n) is 7.28. The first-order valence-corrected chi connectivity index (χ1v) is 8.16. The number of nitrogens with zero attached hydrogens (tertiary/aromatic N) is 2. The van der Waals surface area contributed by atoms with Gasteiger partial charge in [-0.1, -0.05) is 12.1 Å². The van der Waals surface area contributed by atoms with Crippen LogP contribution in [0, 0.1) is 6.92 Å². The summed E-state index contributed by atoms with van der Waals surface area (Å²) in [5, 5.41) is 5.67. The molecule has 3 rings (SSSR count). The average Bonchev–Trinajstić information content (AvgIpc) is 3.12. The molecule has 3 heterocycles. The van der Waals surface area contributed by atoms with Crippen molar-refractivity contribution in [2.75, 3.05) is 25.0 Å². The van der Waals surface area contributed by atoms with Crippen molar-refractivity contribution in [3.8, 4) is 0 Å². The third-order valence-electron chi connectivity index (χ3n) is 3.82. The summed E-state index contributed by atoms with van der Waals surface area (Å²) in [6.45, 7) is 5.39. The first kappa shape index (κ1) is 13.6. The summed E-state index contributed by atoms with van der Waals surface area (Å²) < 4.78 is 0. The van der Waals surface area contributed by atoms with Crippen molar-refractivity contribution in [2.45, 2.75) is 25.8 Å². The maximum Gasteiger partial charge on any atom is 0.126 e. The minimum Gasteiger partial charge on any atom is -0.368 e. The van der Waals surface area contributed by atoms with Gasteiger partial charge in [0.15, 0.2) is 0 Å². The van der Waals surface area contributed by atoms with Crippen LogP contribution in [0.2, 0.25) is 0 Å². The standard InChI is InChI=1S/C16H21N3S/c1-13-6-4-8-16(18-13)17-12-14(15-7-5-11-20-15)19-9-2-3-10-19/h4-8,11,14H,2-3,9-10,12H2,1H3,(H,17,18). The summed E-state index contributed by atoms with van der Waals surface area (Å²) in [5.74, 6) is 0.978. The summed E-state index contributed by atoms with van der Waals surface area (Å²) in [7, 11) is 0.